The number of morpholine rings is 1. The van der Waals surface area contributed by atoms with Crippen molar-refractivity contribution in [2.24, 2.45) is 0 Å². The van der Waals surface area contributed by atoms with Crippen molar-refractivity contribution in [2.75, 3.05) is 19.8 Å². The van der Waals surface area contributed by atoms with Crippen LogP contribution in [0.5, 0.6) is 5.75 Å². The zero-order valence-corrected chi connectivity index (χ0v) is 20.5. The number of rotatable bonds is 6. The first-order chi connectivity index (χ1) is 17.3. The summed E-state index contributed by atoms with van der Waals surface area (Å²) in [6, 6.07) is 8.82. The normalized spacial score (nSPS) is 19.9. The Morgan fingerprint density at radius 2 is 1.89 bits per heavy atom. The van der Waals surface area contributed by atoms with E-state index < -0.39 is 11.9 Å². The summed E-state index contributed by atoms with van der Waals surface area (Å²) < 4.78 is 11.4. The molecule has 3 aliphatic heterocycles. The molecule has 0 saturated carbocycles. The monoisotopic (exact) mass is 487 g/mol. The number of fused-ring (bicyclic) bond motifs is 1. The maximum atomic E-state index is 13.0. The molecule has 0 bridgehead atoms. The first kappa shape index (κ1) is 24.1. The average Bonchev–Trinajstić information content (AvgIpc) is 3.18. The first-order valence-corrected chi connectivity index (χ1v) is 12.2. The third-order valence-corrected chi connectivity index (χ3v) is 7.12. The number of benzene rings is 2. The van der Waals surface area contributed by atoms with Crippen LogP contribution in [0.3, 0.4) is 0 Å². The van der Waals surface area contributed by atoms with Crippen molar-refractivity contribution in [1.29, 1.82) is 0 Å². The second-order valence-electron chi connectivity index (χ2n) is 9.55. The van der Waals surface area contributed by atoms with E-state index >= 15 is 0 Å². The van der Waals surface area contributed by atoms with Crippen molar-refractivity contribution < 1.29 is 28.7 Å². The molecule has 3 aliphatic rings. The van der Waals surface area contributed by atoms with Gasteiger partial charge in [-0.2, -0.15) is 0 Å². The van der Waals surface area contributed by atoms with E-state index in [1.165, 1.54) is 4.90 Å². The van der Waals surface area contributed by atoms with Crippen molar-refractivity contribution in [3.8, 4) is 5.75 Å². The Balaban J connectivity index is 1.29. The molecule has 4 amide bonds. The average molecular weight is 487 g/mol. The van der Waals surface area contributed by atoms with Crippen LogP contribution >= 0.6 is 0 Å². The second kappa shape index (κ2) is 9.81. The summed E-state index contributed by atoms with van der Waals surface area (Å²) in [4.78, 5) is 52.4. The molecule has 0 spiro atoms. The Bertz CT molecular complexity index is 1240. The molecule has 2 saturated heterocycles. The highest BCUT2D eigenvalue weighted by molar-refractivity contribution is 6.39. The van der Waals surface area contributed by atoms with Crippen LogP contribution in [0, 0.1) is 0 Å². The molecule has 11 heteroatoms. The van der Waals surface area contributed by atoms with Gasteiger partial charge < -0.3 is 19.3 Å². The number of imide groups is 1. The largest absolute Gasteiger partial charge is 0.489 e. The second-order valence-corrected chi connectivity index (χ2v) is 9.55. The van der Waals surface area contributed by atoms with Gasteiger partial charge in [0.2, 0.25) is 17.7 Å². The quantitative estimate of drug-likeness (QED) is 0.370. The Kier molecular flexibility index (Phi) is 6.57. The van der Waals surface area contributed by atoms with Crippen molar-refractivity contribution >= 4 is 50.2 Å². The van der Waals surface area contributed by atoms with E-state index in [1.807, 2.05) is 26.7 Å². The standard InChI is InChI=1S/C25H27B2N3O6/c26-18-8-14(9-19(27)17(18)10-29-6-7-35-13-23(29)32)12-36-21-3-1-2-15-16(21)11-30(25(15)34)20-4-5-22(31)28-24(20)33/h1-3,8-9,20H,4-7,10-13,26-27H2,(H,28,31,33). The number of hydrogen-bond donors (Lipinski definition) is 1. The molecule has 0 aromatic heterocycles. The van der Waals surface area contributed by atoms with Crippen LogP contribution in [0.2, 0.25) is 0 Å². The van der Waals surface area contributed by atoms with E-state index in [9.17, 15) is 19.2 Å². The number of nitrogens with one attached hydrogen (secondary N) is 1. The molecule has 5 rings (SSSR count). The molecule has 2 aromatic rings. The van der Waals surface area contributed by atoms with Crippen LogP contribution in [-0.2, 0) is 38.8 Å². The molecular formula is C25H27B2N3O6. The lowest BCUT2D eigenvalue weighted by molar-refractivity contribution is -0.143. The van der Waals surface area contributed by atoms with Gasteiger partial charge in [0.15, 0.2) is 0 Å². The predicted molar refractivity (Wildman–Crippen MR) is 136 cm³/mol. The van der Waals surface area contributed by atoms with Crippen molar-refractivity contribution in [3.63, 3.8) is 0 Å². The van der Waals surface area contributed by atoms with E-state index in [-0.39, 0.29) is 37.3 Å². The fourth-order valence-corrected chi connectivity index (χ4v) is 5.18. The summed E-state index contributed by atoms with van der Waals surface area (Å²) in [5.74, 6) is -0.351. The minimum atomic E-state index is -0.661. The molecule has 1 N–H and O–H groups in total. The van der Waals surface area contributed by atoms with E-state index in [0.29, 0.717) is 44.0 Å². The van der Waals surface area contributed by atoms with Crippen LogP contribution in [-0.4, -0.2) is 74.9 Å². The van der Waals surface area contributed by atoms with Gasteiger partial charge in [0.25, 0.3) is 5.91 Å². The van der Waals surface area contributed by atoms with Crippen LogP contribution in [0.15, 0.2) is 30.3 Å². The fourth-order valence-electron chi connectivity index (χ4n) is 5.18. The topological polar surface area (TPSA) is 105 Å². The number of ether oxygens (including phenoxy) is 2. The summed E-state index contributed by atoms with van der Waals surface area (Å²) >= 11 is 0. The van der Waals surface area contributed by atoms with E-state index in [1.54, 1.807) is 12.1 Å². The number of hydrogen-bond acceptors (Lipinski definition) is 6. The lowest BCUT2D eigenvalue weighted by Crippen LogP contribution is -2.52. The molecule has 184 valence electrons. The summed E-state index contributed by atoms with van der Waals surface area (Å²) in [5, 5.41) is 2.33. The van der Waals surface area contributed by atoms with Crippen LogP contribution in [0.25, 0.3) is 0 Å². The number of nitrogens with zero attached hydrogens (tertiary/aromatic N) is 2. The number of piperidine rings is 1. The summed E-state index contributed by atoms with van der Waals surface area (Å²) in [7, 11) is 4.07. The maximum Gasteiger partial charge on any atom is 0.255 e. The zero-order valence-electron chi connectivity index (χ0n) is 20.5. The minimum Gasteiger partial charge on any atom is -0.489 e. The summed E-state index contributed by atoms with van der Waals surface area (Å²) in [6.07, 6.45) is 0.538. The van der Waals surface area contributed by atoms with Crippen molar-refractivity contribution in [1.82, 2.24) is 15.1 Å². The lowest BCUT2D eigenvalue weighted by Gasteiger charge is -2.29. The zero-order chi connectivity index (χ0) is 25.4. The van der Waals surface area contributed by atoms with E-state index in [2.05, 4.69) is 17.4 Å². The molecule has 1 unspecified atom stereocenters. The Labute approximate surface area is 210 Å². The van der Waals surface area contributed by atoms with Gasteiger partial charge in [0, 0.05) is 30.6 Å². The van der Waals surface area contributed by atoms with Crippen LogP contribution < -0.4 is 21.0 Å². The highest BCUT2D eigenvalue weighted by Crippen LogP contribution is 2.33. The van der Waals surface area contributed by atoms with Gasteiger partial charge in [0.1, 0.15) is 40.7 Å². The molecule has 0 radical (unpaired) electrons. The fraction of sp³-hybridized carbons (Fsp3) is 0.360. The molecule has 36 heavy (non-hydrogen) atoms. The SMILES string of the molecule is Bc1cc(COc2cccc3c2CN(C2CCC(=O)NC2=O)C3=O)cc(B)c1CN1CCOCC1=O. The summed E-state index contributed by atoms with van der Waals surface area (Å²) in [6.45, 7) is 2.43. The Morgan fingerprint density at radius 1 is 1.11 bits per heavy atom. The van der Waals surface area contributed by atoms with Crippen molar-refractivity contribution in [2.45, 2.75) is 38.6 Å². The molecular weight excluding hydrogens is 460 g/mol. The first-order valence-electron chi connectivity index (χ1n) is 12.2. The van der Waals surface area contributed by atoms with E-state index in [4.69, 9.17) is 9.47 Å². The van der Waals surface area contributed by atoms with Crippen LogP contribution in [0.1, 0.15) is 39.9 Å². The summed E-state index contributed by atoms with van der Waals surface area (Å²) in [5.41, 5.74) is 5.57. The lowest BCUT2D eigenvalue weighted by atomic mass is 9.79. The molecule has 0 aliphatic carbocycles. The number of carbonyl (C=O) groups is 4. The smallest absolute Gasteiger partial charge is 0.255 e. The predicted octanol–water partition coefficient (Wildman–Crippen LogP) is -2.10. The van der Waals surface area contributed by atoms with Gasteiger partial charge >= 0.3 is 0 Å². The highest BCUT2D eigenvalue weighted by Gasteiger charge is 2.40. The van der Waals surface area contributed by atoms with Gasteiger partial charge in [-0.05, 0) is 29.7 Å². The van der Waals surface area contributed by atoms with Gasteiger partial charge in [-0.1, -0.05) is 29.1 Å². The maximum absolute atomic E-state index is 13.0. The van der Waals surface area contributed by atoms with Gasteiger partial charge in [-0.25, -0.2) is 0 Å². The van der Waals surface area contributed by atoms with Crippen molar-refractivity contribution in [3.05, 3.63) is 52.6 Å². The Morgan fingerprint density at radius 3 is 2.61 bits per heavy atom. The minimum absolute atomic E-state index is 0.00583. The molecule has 3 heterocycles. The van der Waals surface area contributed by atoms with Crippen LogP contribution in [0.4, 0.5) is 0 Å². The number of carbonyl (C=O) groups excluding carboxylic acids is 4. The van der Waals surface area contributed by atoms with E-state index in [0.717, 1.165) is 27.6 Å². The Hall–Kier alpha value is -3.59. The third kappa shape index (κ3) is 4.63. The number of amides is 4. The molecule has 2 fully saturated rings. The molecule has 9 nitrogen and oxygen atoms in total. The third-order valence-electron chi connectivity index (χ3n) is 7.12. The molecule has 1 atom stereocenters. The van der Waals surface area contributed by atoms with Gasteiger partial charge in [-0.3, -0.25) is 24.5 Å². The van der Waals surface area contributed by atoms with Gasteiger partial charge in [0.05, 0.1) is 13.2 Å². The van der Waals surface area contributed by atoms with Gasteiger partial charge in [-0.15, -0.1) is 0 Å². The molecule has 2 aromatic carbocycles. The highest BCUT2D eigenvalue weighted by atomic mass is 16.5.